The zero-order chi connectivity index (χ0) is 29.3. The highest BCUT2D eigenvalue weighted by molar-refractivity contribution is 8.00. The molecule has 1 saturated heterocycles. The van der Waals surface area contributed by atoms with E-state index < -0.39 is 23.3 Å². The molecular weight excluding hydrogens is 534 g/mol. The normalized spacial score (nSPS) is 24.0. The van der Waals surface area contributed by atoms with Gasteiger partial charge in [0.05, 0.1) is 24.4 Å². The summed E-state index contributed by atoms with van der Waals surface area (Å²) >= 11 is 1.95. The van der Waals surface area contributed by atoms with E-state index in [9.17, 15) is 5.11 Å². The molecule has 2 aromatic carbocycles. The third kappa shape index (κ3) is 7.83. The number of rotatable bonds is 9. The number of thioether (sulfide) groups is 1. The number of ether oxygens (including phenoxy) is 4. The van der Waals surface area contributed by atoms with Crippen LogP contribution in [0.3, 0.4) is 0 Å². The number of aliphatic hydroxyl groups excluding tert-OH is 1. The monoisotopic (exact) mass is 579 g/mol. The zero-order valence-corrected chi connectivity index (χ0v) is 26.1. The highest BCUT2D eigenvalue weighted by atomic mass is 32.2. The minimum absolute atomic E-state index is 0.386. The fourth-order valence-electron chi connectivity index (χ4n) is 5.62. The van der Waals surface area contributed by atoms with Crippen molar-refractivity contribution in [2.75, 3.05) is 13.2 Å². The highest BCUT2D eigenvalue weighted by Gasteiger charge is 2.42. The molecule has 5 rings (SSSR count). The van der Waals surface area contributed by atoms with Gasteiger partial charge in [0.15, 0.2) is 5.79 Å². The summed E-state index contributed by atoms with van der Waals surface area (Å²) in [5.74, 6) is 0.652. The second-order valence-electron chi connectivity index (χ2n) is 13.0. The van der Waals surface area contributed by atoms with Crippen LogP contribution in [0.2, 0.25) is 0 Å². The quantitative estimate of drug-likeness (QED) is 0.318. The van der Waals surface area contributed by atoms with E-state index in [1.165, 1.54) is 27.2 Å². The van der Waals surface area contributed by atoms with Gasteiger partial charge in [-0.1, -0.05) is 66.6 Å². The molecule has 1 aliphatic carbocycles. The van der Waals surface area contributed by atoms with Crippen LogP contribution in [0.1, 0.15) is 65.5 Å². The average molecular weight is 580 g/mol. The second-order valence-corrected chi connectivity index (χ2v) is 14.2. The number of benzene rings is 2. The van der Waals surface area contributed by atoms with Crippen LogP contribution in [0.25, 0.3) is 0 Å². The minimum atomic E-state index is -1.11. The van der Waals surface area contributed by atoms with E-state index in [1.54, 1.807) is 0 Å². The molecule has 3 aliphatic rings. The molecule has 0 aromatic heterocycles. The van der Waals surface area contributed by atoms with Gasteiger partial charge in [-0.2, -0.15) is 0 Å². The Morgan fingerprint density at radius 1 is 1.07 bits per heavy atom. The Morgan fingerprint density at radius 3 is 2.51 bits per heavy atom. The van der Waals surface area contributed by atoms with Crippen LogP contribution < -0.4 is 10.1 Å². The Bertz CT molecular complexity index is 1260. The van der Waals surface area contributed by atoms with E-state index in [-0.39, 0.29) is 0 Å². The van der Waals surface area contributed by atoms with E-state index in [2.05, 4.69) is 54.7 Å². The molecule has 0 bridgehead atoms. The molecule has 2 N–H and O–H groups in total. The first-order chi connectivity index (χ1) is 19.4. The molecule has 1 fully saturated rings. The van der Waals surface area contributed by atoms with Gasteiger partial charge in [-0.05, 0) is 83.1 Å². The van der Waals surface area contributed by atoms with Gasteiger partial charge in [-0.3, -0.25) is 5.32 Å². The summed E-state index contributed by atoms with van der Waals surface area (Å²) in [7, 11) is 0. The molecule has 0 saturated carbocycles. The van der Waals surface area contributed by atoms with Crippen molar-refractivity contribution < 1.29 is 24.1 Å². The standard InChI is InChI=1S/C34H45NO5S/c1-23-25(16-17-34(21-38-33(5,6)39-22-34)35-31(36)40-32(2,3)4)12-13-27-18-26-14-15-28(19-29(26)41-30(23)27)37-20-24-10-8-7-9-11-24/h7-15,19,23,30-31,35-36H,16-18,20-22H2,1-6H3. The first kappa shape index (κ1) is 30.3. The zero-order valence-electron chi connectivity index (χ0n) is 25.2. The van der Waals surface area contributed by atoms with Crippen LogP contribution in [0.15, 0.2) is 76.7 Å². The summed E-state index contributed by atoms with van der Waals surface area (Å²) in [4.78, 5) is 1.31. The lowest BCUT2D eigenvalue weighted by molar-refractivity contribution is -0.287. The maximum atomic E-state index is 10.7. The third-order valence-electron chi connectivity index (χ3n) is 8.03. The molecule has 0 radical (unpaired) electrons. The van der Waals surface area contributed by atoms with Crippen LogP contribution in [-0.4, -0.2) is 46.9 Å². The largest absolute Gasteiger partial charge is 0.489 e. The van der Waals surface area contributed by atoms with Crippen molar-refractivity contribution >= 4 is 11.8 Å². The summed E-state index contributed by atoms with van der Waals surface area (Å²) in [5, 5.41) is 14.4. The molecule has 2 aliphatic heterocycles. The van der Waals surface area contributed by atoms with Gasteiger partial charge >= 0.3 is 0 Å². The van der Waals surface area contributed by atoms with Crippen molar-refractivity contribution in [1.82, 2.24) is 5.32 Å². The van der Waals surface area contributed by atoms with Crippen LogP contribution in [0, 0.1) is 5.92 Å². The van der Waals surface area contributed by atoms with Gasteiger partial charge in [-0.25, -0.2) is 0 Å². The van der Waals surface area contributed by atoms with Crippen LogP contribution in [0.4, 0.5) is 0 Å². The number of allylic oxidation sites excluding steroid dienone is 3. The van der Waals surface area contributed by atoms with Gasteiger partial charge in [0, 0.05) is 10.1 Å². The van der Waals surface area contributed by atoms with Crippen LogP contribution in [0.5, 0.6) is 5.75 Å². The van der Waals surface area contributed by atoms with Crippen molar-refractivity contribution in [3.8, 4) is 5.75 Å². The van der Waals surface area contributed by atoms with Gasteiger partial charge in [0.25, 0.3) is 0 Å². The maximum Gasteiger partial charge on any atom is 0.214 e. The lowest BCUT2D eigenvalue weighted by Gasteiger charge is -2.46. The Hall–Kier alpha value is -2.13. The Balaban J connectivity index is 1.25. The molecule has 0 amide bonds. The Labute approximate surface area is 249 Å². The number of hydrogen-bond acceptors (Lipinski definition) is 7. The number of aliphatic hydroxyl groups is 1. The van der Waals surface area contributed by atoms with Gasteiger partial charge < -0.3 is 24.1 Å². The van der Waals surface area contributed by atoms with Crippen molar-refractivity contribution in [2.45, 2.75) is 101 Å². The smallest absolute Gasteiger partial charge is 0.214 e. The Morgan fingerprint density at radius 2 is 1.80 bits per heavy atom. The SMILES string of the molecule is CC1C(CCC2(NC(O)OC(C)(C)C)COC(C)(C)OC2)=CC=C2Cc3ccc(OCc4ccccc4)cc3SC21. The first-order valence-electron chi connectivity index (χ1n) is 14.7. The van der Waals surface area contributed by atoms with E-state index in [0.717, 1.165) is 25.0 Å². The molecule has 2 heterocycles. The molecular formula is C34H45NO5S. The molecule has 2 aromatic rings. The van der Waals surface area contributed by atoms with Crippen molar-refractivity contribution in [1.29, 1.82) is 0 Å². The summed E-state index contributed by atoms with van der Waals surface area (Å²) in [6.07, 6.45) is 6.12. The number of nitrogens with one attached hydrogen (secondary N) is 1. The highest BCUT2D eigenvalue weighted by Crippen LogP contribution is 2.47. The minimum Gasteiger partial charge on any atom is -0.489 e. The van der Waals surface area contributed by atoms with Crippen molar-refractivity contribution in [2.24, 2.45) is 5.92 Å². The first-order valence-corrected chi connectivity index (χ1v) is 15.6. The lowest BCUT2D eigenvalue weighted by atomic mass is 9.81. The summed E-state index contributed by atoms with van der Waals surface area (Å²) in [5.41, 5.74) is 4.38. The summed E-state index contributed by atoms with van der Waals surface area (Å²) in [6, 6.07) is 16.8. The van der Waals surface area contributed by atoms with Gasteiger partial charge in [0.2, 0.25) is 6.41 Å². The summed E-state index contributed by atoms with van der Waals surface area (Å²) < 4.78 is 24.0. The van der Waals surface area contributed by atoms with Crippen molar-refractivity contribution in [3.05, 3.63) is 83.0 Å². The molecule has 3 atom stereocenters. The van der Waals surface area contributed by atoms with E-state index in [0.29, 0.717) is 31.0 Å². The van der Waals surface area contributed by atoms with Gasteiger partial charge in [0.1, 0.15) is 12.4 Å². The van der Waals surface area contributed by atoms with Crippen molar-refractivity contribution in [3.63, 3.8) is 0 Å². The predicted molar refractivity (Wildman–Crippen MR) is 164 cm³/mol. The van der Waals surface area contributed by atoms with E-state index in [1.807, 2.05) is 64.6 Å². The molecule has 222 valence electrons. The predicted octanol–water partition coefficient (Wildman–Crippen LogP) is 6.77. The fraction of sp³-hybridized carbons (Fsp3) is 0.529. The average Bonchev–Trinajstić information content (AvgIpc) is 2.92. The molecule has 7 heteroatoms. The maximum absolute atomic E-state index is 10.7. The third-order valence-corrected chi connectivity index (χ3v) is 9.63. The van der Waals surface area contributed by atoms with E-state index in [4.69, 9.17) is 18.9 Å². The van der Waals surface area contributed by atoms with Crippen LogP contribution in [-0.2, 0) is 27.2 Å². The van der Waals surface area contributed by atoms with Gasteiger partial charge in [-0.15, -0.1) is 11.8 Å². The Kier molecular flexibility index (Phi) is 9.05. The summed E-state index contributed by atoms with van der Waals surface area (Å²) in [6.45, 7) is 13.4. The molecule has 0 spiro atoms. The fourth-order valence-corrected chi connectivity index (χ4v) is 7.06. The number of hydrogen-bond donors (Lipinski definition) is 2. The molecule has 3 unspecified atom stereocenters. The topological polar surface area (TPSA) is 69.2 Å². The van der Waals surface area contributed by atoms with E-state index >= 15 is 0 Å². The van der Waals surface area contributed by atoms with Crippen LogP contribution >= 0.6 is 11.8 Å². The second kappa shape index (κ2) is 12.2. The number of fused-ring (bicyclic) bond motifs is 2. The lowest BCUT2D eigenvalue weighted by Crippen LogP contribution is -2.63. The molecule has 41 heavy (non-hydrogen) atoms. The molecule has 6 nitrogen and oxygen atoms in total.